The second-order valence-electron chi connectivity index (χ2n) is 8.38. The van der Waals surface area contributed by atoms with Gasteiger partial charge in [0.05, 0.1) is 0 Å². The number of aliphatic hydroxyl groups is 1. The number of rotatable bonds is 9. The quantitative estimate of drug-likeness (QED) is 0.620. The standard InChI is InChI=1S/C22H37NO2/c1-16(2)9-8-10-17(3)19-12-11-18(4)21(13-19)25-15-20(24)14-23-22(5,6)7/h9,11-13,17,20,23-24H,8,10,14-15H2,1-7H3. The van der Waals surface area contributed by atoms with Crippen molar-refractivity contribution < 1.29 is 9.84 Å². The minimum Gasteiger partial charge on any atom is -0.491 e. The van der Waals surface area contributed by atoms with Crippen molar-refractivity contribution in [1.29, 1.82) is 0 Å². The lowest BCUT2D eigenvalue weighted by Crippen LogP contribution is -2.42. The number of nitrogens with one attached hydrogen (secondary N) is 1. The number of benzene rings is 1. The second kappa shape index (κ2) is 9.98. The van der Waals surface area contributed by atoms with Gasteiger partial charge in [-0.3, -0.25) is 0 Å². The van der Waals surface area contributed by atoms with Crippen LogP contribution in [0.4, 0.5) is 0 Å². The molecule has 142 valence electrons. The Labute approximate surface area is 154 Å². The Hall–Kier alpha value is -1.32. The SMILES string of the molecule is CC(C)=CCCC(C)c1ccc(C)c(OCC(O)CNC(C)(C)C)c1. The third kappa shape index (κ3) is 9.08. The van der Waals surface area contributed by atoms with Crippen molar-refractivity contribution in [1.82, 2.24) is 5.32 Å². The van der Waals surface area contributed by atoms with Gasteiger partial charge in [0.1, 0.15) is 18.5 Å². The molecular formula is C22H37NO2. The van der Waals surface area contributed by atoms with Crippen LogP contribution in [-0.2, 0) is 0 Å². The van der Waals surface area contributed by atoms with E-state index in [9.17, 15) is 5.11 Å². The van der Waals surface area contributed by atoms with E-state index >= 15 is 0 Å². The molecule has 0 aliphatic heterocycles. The topological polar surface area (TPSA) is 41.5 Å². The van der Waals surface area contributed by atoms with Crippen LogP contribution in [0.15, 0.2) is 29.8 Å². The van der Waals surface area contributed by atoms with E-state index in [-0.39, 0.29) is 5.54 Å². The molecule has 2 atom stereocenters. The molecule has 0 aliphatic carbocycles. The van der Waals surface area contributed by atoms with Gasteiger partial charge in [-0.25, -0.2) is 0 Å². The molecule has 1 aromatic rings. The van der Waals surface area contributed by atoms with E-state index in [1.807, 2.05) is 6.92 Å². The first kappa shape index (κ1) is 21.7. The van der Waals surface area contributed by atoms with Crippen LogP contribution in [0.1, 0.15) is 71.4 Å². The summed E-state index contributed by atoms with van der Waals surface area (Å²) >= 11 is 0. The Kier molecular flexibility index (Phi) is 8.67. The van der Waals surface area contributed by atoms with Crippen LogP contribution in [0, 0.1) is 6.92 Å². The fourth-order valence-corrected chi connectivity index (χ4v) is 2.54. The fraction of sp³-hybridized carbons (Fsp3) is 0.636. The molecule has 0 amide bonds. The molecule has 1 aromatic carbocycles. The zero-order valence-corrected chi connectivity index (χ0v) is 17.1. The maximum absolute atomic E-state index is 10.1. The Morgan fingerprint density at radius 1 is 1.28 bits per heavy atom. The Bertz CT molecular complexity index is 554. The zero-order chi connectivity index (χ0) is 19.0. The average molecular weight is 348 g/mol. The van der Waals surface area contributed by atoms with E-state index in [0.29, 0.717) is 19.1 Å². The van der Waals surface area contributed by atoms with Crippen LogP contribution in [0.5, 0.6) is 5.75 Å². The van der Waals surface area contributed by atoms with Gasteiger partial charge in [-0.15, -0.1) is 0 Å². The van der Waals surface area contributed by atoms with Gasteiger partial charge in [0.2, 0.25) is 0 Å². The van der Waals surface area contributed by atoms with Crippen molar-refractivity contribution in [2.75, 3.05) is 13.2 Å². The van der Waals surface area contributed by atoms with Crippen LogP contribution >= 0.6 is 0 Å². The maximum atomic E-state index is 10.1. The number of ether oxygens (including phenoxy) is 1. The largest absolute Gasteiger partial charge is 0.491 e. The minimum atomic E-state index is -0.516. The molecule has 0 bridgehead atoms. The van der Waals surface area contributed by atoms with Gasteiger partial charge < -0.3 is 15.2 Å². The lowest BCUT2D eigenvalue weighted by atomic mass is 9.94. The monoisotopic (exact) mass is 347 g/mol. The Balaban J connectivity index is 2.61. The number of aliphatic hydroxyl groups excluding tert-OH is 1. The molecule has 0 saturated carbocycles. The molecule has 3 heteroatoms. The van der Waals surface area contributed by atoms with Gasteiger partial charge in [-0.05, 0) is 77.5 Å². The molecule has 1 rings (SSSR count). The smallest absolute Gasteiger partial charge is 0.122 e. The van der Waals surface area contributed by atoms with E-state index in [4.69, 9.17) is 4.74 Å². The highest BCUT2D eigenvalue weighted by molar-refractivity contribution is 5.38. The summed E-state index contributed by atoms with van der Waals surface area (Å²) in [6, 6.07) is 6.43. The summed E-state index contributed by atoms with van der Waals surface area (Å²) in [7, 11) is 0. The Morgan fingerprint density at radius 2 is 1.96 bits per heavy atom. The van der Waals surface area contributed by atoms with Crippen LogP contribution in [0.25, 0.3) is 0 Å². The lowest BCUT2D eigenvalue weighted by Gasteiger charge is -2.23. The van der Waals surface area contributed by atoms with E-state index in [1.165, 1.54) is 11.1 Å². The van der Waals surface area contributed by atoms with Crippen molar-refractivity contribution in [3.8, 4) is 5.75 Å². The third-order valence-corrected chi connectivity index (χ3v) is 4.23. The molecule has 0 spiro atoms. The average Bonchev–Trinajstić information content (AvgIpc) is 2.51. The van der Waals surface area contributed by atoms with Gasteiger partial charge in [-0.2, -0.15) is 0 Å². The van der Waals surface area contributed by atoms with Crippen LogP contribution in [-0.4, -0.2) is 29.9 Å². The van der Waals surface area contributed by atoms with Gasteiger partial charge in [0.15, 0.2) is 0 Å². The first-order valence-electron chi connectivity index (χ1n) is 9.38. The van der Waals surface area contributed by atoms with Crippen molar-refractivity contribution in [3.05, 3.63) is 41.0 Å². The Morgan fingerprint density at radius 3 is 2.56 bits per heavy atom. The minimum absolute atomic E-state index is 0.00245. The van der Waals surface area contributed by atoms with Crippen LogP contribution in [0.3, 0.4) is 0 Å². The molecular weight excluding hydrogens is 310 g/mol. The summed E-state index contributed by atoms with van der Waals surface area (Å²) in [4.78, 5) is 0. The highest BCUT2D eigenvalue weighted by Gasteiger charge is 2.14. The third-order valence-electron chi connectivity index (χ3n) is 4.23. The van der Waals surface area contributed by atoms with Crippen molar-refractivity contribution >= 4 is 0 Å². The second-order valence-corrected chi connectivity index (χ2v) is 8.38. The number of hydrogen-bond donors (Lipinski definition) is 2. The first-order chi connectivity index (χ1) is 11.6. The molecule has 25 heavy (non-hydrogen) atoms. The first-order valence-corrected chi connectivity index (χ1v) is 9.38. The summed E-state index contributed by atoms with van der Waals surface area (Å²) in [5.41, 5.74) is 3.77. The lowest BCUT2D eigenvalue weighted by molar-refractivity contribution is 0.0997. The van der Waals surface area contributed by atoms with E-state index < -0.39 is 6.10 Å². The van der Waals surface area contributed by atoms with Crippen molar-refractivity contribution in [2.24, 2.45) is 0 Å². The fourth-order valence-electron chi connectivity index (χ4n) is 2.54. The van der Waals surface area contributed by atoms with Crippen LogP contribution < -0.4 is 10.1 Å². The number of β-amino-alcohol motifs (C(OH)–C–C–N with tert-alkyl or cyclic N) is 1. The summed E-state index contributed by atoms with van der Waals surface area (Å²) in [5.74, 6) is 1.37. The predicted octanol–water partition coefficient (Wildman–Crippen LogP) is 4.97. The van der Waals surface area contributed by atoms with Gasteiger partial charge in [0.25, 0.3) is 0 Å². The molecule has 2 unspecified atom stereocenters. The molecule has 0 aliphatic rings. The van der Waals surface area contributed by atoms with Crippen molar-refractivity contribution in [3.63, 3.8) is 0 Å². The number of allylic oxidation sites excluding steroid dienone is 2. The molecule has 2 N–H and O–H groups in total. The van der Waals surface area contributed by atoms with Crippen LogP contribution in [0.2, 0.25) is 0 Å². The molecule has 0 heterocycles. The summed E-state index contributed by atoms with van der Waals surface area (Å²) in [6.07, 6.45) is 4.01. The molecule has 3 nitrogen and oxygen atoms in total. The highest BCUT2D eigenvalue weighted by Crippen LogP contribution is 2.27. The van der Waals surface area contributed by atoms with E-state index in [2.05, 4.69) is 71.1 Å². The van der Waals surface area contributed by atoms with Crippen molar-refractivity contribution in [2.45, 2.75) is 78.9 Å². The zero-order valence-electron chi connectivity index (χ0n) is 17.1. The van der Waals surface area contributed by atoms with E-state index in [0.717, 1.165) is 24.2 Å². The highest BCUT2D eigenvalue weighted by atomic mass is 16.5. The summed E-state index contributed by atoms with van der Waals surface area (Å²) in [5, 5.41) is 13.4. The normalized spacial score (nSPS) is 14.1. The summed E-state index contributed by atoms with van der Waals surface area (Å²) < 4.78 is 5.90. The molecule has 0 saturated heterocycles. The molecule has 0 aromatic heterocycles. The van der Waals surface area contributed by atoms with Gasteiger partial charge >= 0.3 is 0 Å². The number of aryl methyl sites for hydroxylation is 1. The van der Waals surface area contributed by atoms with Gasteiger partial charge in [0, 0.05) is 12.1 Å². The predicted molar refractivity (Wildman–Crippen MR) is 108 cm³/mol. The number of hydrogen-bond acceptors (Lipinski definition) is 3. The van der Waals surface area contributed by atoms with E-state index in [1.54, 1.807) is 0 Å². The summed E-state index contributed by atoms with van der Waals surface area (Å²) in [6.45, 7) is 15.7. The molecule has 0 fully saturated rings. The van der Waals surface area contributed by atoms with Gasteiger partial charge in [-0.1, -0.05) is 30.7 Å². The maximum Gasteiger partial charge on any atom is 0.122 e. The molecule has 0 radical (unpaired) electrons.